The minimum atomic E-state index is -0.192. The summed E-state index contributed by atoms with van der Waals surface area (Å²) in [7, 11) is 0. The van der Waals surface area contributed by atoms with Crippen LogP contribution in [-0.2, 0) is 0 Å². The Hall–Kier alpha value is -0.0800. The highest BCUT2D eigenvalue weighted by Crippen LogP contribution is 2.12. The zero-order chi connectivity index (χ0) is 10.3. The Bertz CT molecular complexity index is 111. The fourth-order valence-electron chi connectivity index (χ4n) is 1.48. The van der Waals surface area contributed by atoms with Crippen LogP contribution in [0.5, 0.6) is 0 Å². The maximum atomic E-state index is 9.52. The highest BCUT2D eigenvalue weighted by molar-refractivity contribution is 4.59. The van der Waals surface area contributed by atoms with Crippen molar-refractivity contribution >= 4 is 0 Å². The Morgan fingerprint density at radius 2 is 1.46 bits per heavy atom. The van der Waals surface area contributed by atoms with Crippen LogP contribution in [0.3, 0.4) is 0 Å². The molecule has 0 saturated heterocycles. The molecule has 0 heterocycles. The van der Waals surface area contributed by atoms with Gasteiger partial charge in [0.1, 0.15) is 0 Å². The van der Waals surface area contributed by atoms with Gasteiger partial charge in [0.2, 0.25) is 0 Å². The summed E-state index contributed by atoms with van der Waals surface area (Å²) in [4.78, 5) is 0. The van der Waals surface area contributed by atoms with Crippen LogP contribution in [0, 0.1) is 5.92 Å². The SMILES string of the molecule is CC(C)CC(O)CCCCC(C)O. The van der Waals surface area contributed by atoms with Gasteiger partial charge in [-0.3, -0.25) is 0 Å². The van der Waals surface area contributed by atoms with Crippen LogP contribution in [0.15, 0.2) is 0 Å². The largest absolute Gasteiger partial charge is 0.393 e. The zero-order valence-corrected chi connectivity index (χ0v) is 9.16. The predicted octanol–water partition coefficient (Wildman–Crippen LogP) is 2.33. The van der Waals surface area contributed by atoms with Crippen LogP contribution >= 0.6 is 0 Å². The molecule has 2 N–H and O–H groups in total. The lowest BCUT2D eigenvalue weighted by Gasteiger charge is -2.12. The second-order valence-corrected chi connectivity index (χ2v) is 4.42. The Morgan fingerprint density at radius 1 is 0.923 bits per heavy atom. The summed E-state index contributed by atoms with van der Waals surface area (Å²) in [5, 5.41) is 18.5. The first-order valence-electron chi connectivity index (χ1n) is 5.38. The smallest absolute Gasteiger partial charge is 0.0542 e. The summed E-state index contributed by atoms with van der Waals surface area (Å²) in [5.74, 6) is 0.576. The van der Waals surface area contributed by atoms with Gasteiger partial charge < -0.3 is 10.2 Å². The Labute approximate surface area is 82.0 Å². The van der Waals surface area contributed by atoms with Crippen molar-refractivity contribution in [1.82, 2.24) is 0 Å². The molecule has 2 nitrogen and oxygen atoms in total. The van der Waals surface area contributed by atoms with E-state index in [9.17, 15) is 5.11 Å². The maximum absolute atomic E-state index is 9.52. The summed E-state index contributed by atoms with van der Waals surface area (Å²) in [6, 6.07) is 0. The Balaban J connectivity index is 3.22. The molecule has 0 saturated carbocycles. The summed E-state index contributed by atoms with van der Waals surface area (Å²) in [6.07, 6.45) is 4.34. The lowest BCUT2D eigenvalue weighted by molar-refractivity contribution is 0.131. The second-order valence-electron chi connectivity index (χ2n) is 4.42. The zero-order valence-electron chi connectivity index (χ0n) is 9.16. The molecule has 0 amide bonds. The molecule has 2 unspecified atom stereocenters. The average Bonchev–Trinajstić information content (AvgIpc) is 1.96. The Kier molecular flexibility index (Phi) is 7.29. The number of rotatable bonds is 7. The lowest BCUT2D eigenvalue weighted by Crippen LogP contribution is -2.10. The van der Waals surface area contributed by atoms with Crippen LogP contribution < -0.4 is 0 Å². The second kappa shape index (κ2) is 7.34. The predicted molar refractivity (Wildman–Crippen MR) is 55.6 cm³/mol. The lowest BCUT2D eigenvalue weighted by atomic mass is 10.0. The first-order chi connectivity index (χ1) is 6.02. The third-order valence-electron chi connectivity index (χ3n) is 2.15. The van der Waals surface area contributed by atoms with Crippen molar-refractivity contribution in [2.24, 2.45) is 5.92 Å². The van der Waals surface area contributed by atoms with E-state index >= 15 is 0 Å². The molecule has 80 valence electrons. The standard InChI is InChI=1S/C11H24O2/c1-9(2)8-11(13)7-5-4-6-10(3)12/h9-13H,4-8H2,1-3H3. The van der Waals surface area contributed by atoms with E-state index in [4.69, 9.17) is 5.11 Å². The van der Waals surface area contributed by atoms with Gasteiger partial charge >= 0.3 is 0 Å². The molecule has 0 aromatic carbocycles. The highest BCUT2D eigenvalue weighted by Gasteiger charge is 2.06. The highest BCUT2D eigenvalue weighted by atomic mass is 16.3. The van der Waals surface area contributed by atoms with E-state index < -0.39 is 0 Å². The van der Waals surface area contributed by atoms with Gasteiger partial charge in [-0.15, -0.1) is 0 Å². The fourth-order valence-corrected chi connectivity index (χ4v) is 1.48. The molecule has 2 atom stereocenters. The quantitative estimate of drug-likeness (QED) is 0.602. The summed E-state index contributed by atoms with van der Waals surface area (Å²) < 4.78 is 0. The third-order valence-corrected chi connectivity index (χ3v) is 2.15. The molecule has 0 fully saturated rings. The number of aliphatic hydroxyl groups is 2. The van der Waals surface area contributed by atoms with Crippen molar-refractivity contribution < 1.29 is 10.2 Å². The van der Waals surface area contributed by atoms with Crippen LogP contribution in [-0.4, -0.2) is 22.4 Å². The molecule has 0 bridgehead atoms. The van der Waals surface area contributed by atoms with Crippen LogP contribution in [0.1, 0.15) is 52.9 Å². The van der Waals surface area contributed by atoms with Crippen molar-refractivity contribution in [2.45, 2.75) is 65.1 Å². The van der Waals surface area contributed by atoms with E-state index in [1.165, 1.54) is 0 Å². The third kappa shape index (κ3) is 9.84. The van der Waals surface area contributed by atoms with E-state index in [1.807, 2.05) is 6.92 Å². The van der Waals surface area contributed by atoms with Crippen LogP contribution in [0.4, 0.5) is 0 Å². The molecule has 2 heteroatoms. The van der Waals surface area contributed by atoms with Gasteiger partial charge in [0.05, 0.1) is 12.2 Å². The molecule has 0 aliphatic rings. The van der Waals surface area contributed by atoms with Crippen molar-refractivity contribution in [1.29, 1.82) is 0 Å². The molecular formula is C11H24O2. The van der Waals surface area contributed by atoms with Crippen molar-refractivity contribution in [2.75, 3.05) is 0 Å². The molecule has 13 heavy (non-hydrogen) atoms. The number of aliphatic hydroxyl groups excluding tert-OH is 2. The van der Waals surface area contributed by atoms with Crippen LogP contribution in [0.2, 0.25) is 0 Å². The van der Waals surface area contributed by atoms with E-state index in [2.05, 4.69) is 13.8 Å². The minimum Gasteiger partial charge on any atom is -0.393 e. The number of unbranched alkanes of at least 4 members (excludes halogenated alkanes) is 1. The van der Waals surface area contributed by atoms with Gasteiger partial charge in [0.25, 0.3) is 0 Å². The van der Waals surface area contributed by atoms with E-state index in [1.54, 1.807) is 0 Å². The molecule has 0 aliphatic carbocycles. The van der Waals surface area contributed by atoms with E-state index in [0.29, 0.717) is 5.92 Å². The summed E-state index contributed by atoms with van der Waals surface area (Å²) >= 11 is 0. The number of hydrogen-bond acceptors (Lipinski definition) is 2. The van der Waals surface area contributed by atoms with Gasteiger partial charge in [-0.05, 0) is 32.1 Å². The van der Waals surface area contributed by atoms with Gasteiger partial charge in [0.15, 0.2) is 0 Å². The fraction of sp³-hybridized carbons (Fsp3) is 1.00. The molecule has 0 rings (SSSR count). The first-order valence-corrected chi connectivity index (χ1v) is 5.38. The van der Waals surface area contributed by atoms with Gasteiger partial charge in [-0.25, -0.2) is 0 Å². The molecule has 0 aliphatic heterocycles. The minimum absolute atomic E-state index is 0.144. The number of hydrogen-bond donors (Lipinski definition) is 2. The molecular weight excluding hydrogens is 164 g/mol. The molecule has 0 spiro atoms. The molecule has 0 radical (unpaired) electrons. The van der Waals surface area contributed by atoms with E-state index in [0.717, 1.165) is 32.1 Å². The maximum Gasteiger partial charge on any atom is 0.0542 e. The van der Waals surface area contributed by atoms with Gasteiger partial charge in [0, 0.05) is 0 Å². The van der Waals surface area contributed by atoms with Crippen molar-refractivity contribution in [3.63, 3.8) is 0 Å². The van der Waals surface area contributed by atoms with Crippen LogP contribution in [0.25, 0.3) is 0 Å². The monoisotopic (exact) mass is 188 g/mol. The molecule has 0 aromatic heterocycles. The summed E-state index contributed by atoms with van der Waals surface area (Å²) in [5.41, 5.74) is 0. The average molecular weight is 188 g/mol. The first kappa shape index (κ1) is 12.9. The van der Waals surface area contributed by atoms with Crippen molar-refractivity contribution in [3.05, 3.63) is 0 Å². The van der Waals surface area contributed by atoms with Crippen molar-refractivity contribution in [3.8, 4) is 0 Å². The topological polar surface area (TPSA) is 40.5 Å². The van der Waals surface area contributed by atoms with Gasteiger partial charge in [-0.2, -0.15) is 0 Å². The molecule has 0 aromatic rings. The Morgan fingerprint density at radius 3 is 1.92 bits per heavy atom. The normalized spacial score (nSPS) is 16.2. The van der Waals surface area contributed by atoms with E-state index in [-0.39, 0.29) is 12.2 Å². The van der Waals surface area contributed by atoms with Gasteiger partial charge in [-0.1, -0.05) is 26.7 Å². The summed E-state index contributed by atoms with van der Waals surface area (Å²) in [6.45, 7) is 6.06.